The number of hydrogen-bond donors (Lipinski definition) is 1. The first kappa shape index (κ1) is 15.0. The van der Waals surface area contributed by atoms with Crippen molar-refractivity contribution < 1.29 is 13.2 Å². The van der Waals surface area contributed by atoms with Crippen molar-refractivity contribution in [3.8, 4) is 5.75 Å². The molecule has 2 rings (SSSR count). The lowest BCUT2D eigenvalue weighted by atomic mass is 10.2. The molecule has 0 aliphatic rings. The maximum Gasteiger partial charge on any atom is 0.238 e. The van der Waals surface area contributed by atoms with Crippen LogP contribution in [0.25, 0.3) is 0 Å². The van der Waals surface area contributed by atoms with E-state index in [4.69, 9.17) is 9.88 Å². The van der Waals surface area contributed by atoms with Gasteiger partial charge in [0.25, 0.3) is 0 Å². The Kier molecular flexibility index (Phi) is 4.47. The lowest BCUT2D eigenvalue weighted by Gasteiger charge is -2.10. The zero-order valence-electron chi connectivity index (χ0n) is 10.8. The molecule has 0 fully saturated rings. The maximum absolute atomic E-state index is 11.3. The Morgan fingerprint density at radius 1 is 1.20 bits per heavy atom. The van der Waals surface area contributed by atoms with Gasteiger partial charge in [0.05, 0.1) is 4.90 Å². The van der Waals surface area contributed by atoms with Crippen molar-refractivity contribution in [1.82, 2.24) is 0 Å². The number of primary sulfonamides is 1. The highest BCUT2D eigenvalue weighted by Gasteiger charge is 2.12. The summed E-state index contributed by atoms with van der Waals surface area (Å²) in [5.74, 6) is 0.602. The summed E-state index contributed by atoms with van der Waals surface area (Å²) in [4.78, 5) is 0.116. The highest BCUT2D eigenvalue weighted by Crippen LogP contribution is 2.22. The highest BCUT2D eigenvalue weighted by atomic mass is 79.9. The Balaban J connectivity index is 2.16. The van der Waals surface area contributed by atoms with Crippen molar-refractivity contribution >= 4 is 26.0 Å². The van der Waals surface area contributed by atoms with Crippen LogP contribution in [-0.4, -0.2) is 8.42 Å². The van der Waals surface area contributed by atoms with Gasteiger partial charge >= 0.3 is 0 Å². The predicted octanol–water partition coefficient (Wildman–Crippen LogP) is 2.98. The molecule has 0 atom stereocenters. The highest BCUT2D eigenvalue weighted by molar-refractivity contribution is 9.10. The van der Waals surface area contributed by atoms with Crippen LogP contribution in [0, 0.1) is 6.92 Å². The number of nitrogens with two attached hydrogens (primary N) is 1. The summed E-state index contributed by atoms with van der Waals surface area (Å²) in [6.45, 7) is 2.08. The van der Waals surface area contributed by atoms with Crippen molar-refractivity contribution in [3.63, 3.8) is 0 Å². The summed E-state index contributed by atoms with van der Waals surface area (Å²) in [5, 5.41) is 5.12. The van der Waals surface area contributed by atoms with Crippen molar-refractivity contribution in [2.45, 2.75) is 18.4 Å². The van der Waals surface area contributed by atoms with Gasteiger partial charge in [-0.25, -0.2) is 13.6 Å². The van der Waals surface area contributed by atoms with Gasteiger partial charge in [0.2, 0.25) is 10.0 Å². The van der Waals surface area contributed by atoms with E-state index in [-0.39, 0.29) is 4.90 Å². The predicted molar refractivity (Wildman–Crippen MR) is 81.0 cm³/mol. The topological polar surface area (TPSA) is 69.4 Å². The minimum atomic E-state index is -3.69. The lowest BCUT2D eigenvalue weighted by molar-refractivity contribution is 0.305. The molecule has 0 saturated carbocycles. The van der Waals surface area contributed by atoms with Crippen molar-refractivity contribution in [2.75, 3.05) is 0 Å². The molecule has 4 nitrogen and oxygen atoms in total. The molecule has 0 aromatic heterocycles. The summed E-state index contributed by atoms with van der Waals surface area (Å²) < 4.78 is 29.3. The van der Waals surface area contributed by atoms with Crippen LogP contribution in [0.4, 0.5) is 0 Å². The number of ether oxygens (including phenoxy) is 1. The second kappa shape index (κ2) is 5.95. The van der Waals surface area contributed by atoms with Gasteiger partial charge in [0.1, 0.15) is 12.4 Å². The van der Waals surface area contributed by atoms with Gasteiger partial charge in [-0.2, -0.15) is 0 Å². The van der Waals surface area contributed by atoms with Gasteiger partial charge < -0.3 is 4.74 Å². The van der Waals surface area contributed by atoms with Crippen LogP contribution in [-0.2, 0) is 16.6 Å². The number of rotatable bonds is 4. The molecule has 106 valence electrons. The molecule has 0 amide bonds. The summed E-state index contributed by atoms with van der Waals surface area (Å²) in [7, 11) is -3.69. The van der Waals surface area contributed by atoms with Crippen LogP contribution < -0.4 is 9.88 Å². The normalized spacial score (nSPS) is 11.3. The van der Waals surface area contributed by atoms with Crippen LogP contribution in [0.3, 0.4) is 0 Å². The van der Waals surface area contributed by atoms with E-state index in [1.54, 1.807) is 19.1 Å². The Morgan fingerprint density at radius 2 is 1.90 bits per heavy atom. The molecule has 0 heterocycles. The summed E-state index contributed by atoms with van der Waals surface area (Å²) >= 11 is 3.45. The van der Waals surface area contributed by atoms with Crippen molar-refractivity contribution in [2.24, 2.45) is 5.14 Å². The second-order valence-electron chi connectivity index (χ2n) is 4.35. The summed E-state index contributed by atoms with van der Waals surface area (Å²) in [6.07, 6.45) is 0. The number of benzene rings is 2. The van der Waals surface area contributed by atoms with Crippen LogP contribution >= 0.6 is 15.9 Å². The first-order valence-corrected chi connectivity index (χ1v) is 8.21. The van der Waals surface area contributed by atoms with E-state index >= 15 is 0 Å². The van der Waals surface area contributed by atoms with Gasteiger partial charge in [0, 0.05) is 10.0 Å². The van der Waals surface area contributed by atoms with Crippen LogP contribution in [0.15, 0.2) is 51.8 Å². The summed E-state index contributed by atoms with van der Waals surface area (Å²) in [6, 6.07) is 12.5. The summed E-state index contributed by atoms with van der Waals surface area (Å²) in [5.41, 5.74) is 1.58. The van der Waals surface area contributed by atoms with Gasteiger partial charge in [-0.3, -0.25) is 0 Å². The Morgan fingerprint density at radius 3 is 2.50 bits per heavy atom. The van der Waals surface area contributed by atoms with Crippen molar-refractivity contribution in [1.29, 1.82) is 0 Å². The third kappa shape index (κ3) is 3.59. The van der Waals surface area contributed by atoms with E-state index in [0.717, 1.165) is 10.0 Å². The third-order valence-corrected chi connectivity index (χ3v) is 4.65. The molecule has 0 bridgehead atoms. The van der Waals surface area contributed by atoms with Crippen molar-refractivity contribution in [3.05, 3.63) is 58.1 Å². The fraction of sp³-hybridized carbons (Fsp3) is 0.143. The van der Waals surface area contributed by atoms with Gasteiger partial charge in [-0.15, -0.1) is 0 Å². The van der Waals surface area contributed by atoms with E-state index in [2.05, 4.69) is 15.9 Å². The maximum atomic E-state index is 11.3. The minimum absolute atomic E-state index is 0.116. The molecule has 0 saturated heterocycles. The first-order valence-electron chi connectivity index (χ1n) is 5.87. The molecule has 6 heteroatoms. The smallest absolute Gasteiger partial charge is 0.238 e. The lowest BCUT2D eigenvalue weighted by Crippen LogP contribution is -2.13. The number of aryl methyl sites for hydroxylation is 1. The molecule has 0 radical (unpaired) electrons. The standard InChI is InChI=1S/C14H14BrNO3S/c1-10-8-12(6-7-14(10)20(16,17)18)19-9-11-4-2-3-5-13(11)15/h2-8H,9H2,1H3,(H2,16,17,18). The third-order valence-electron chi connectivity index (χ3n) is 2.81. The molecule has 2 aromatic carbocycles. The molecule has 0 spiro atoms. The molecule has 2 N–H and O–H groups in total. The fourth-order valence-corrected chi connectivity index (χ4v) is 2.97. The Labute approximate surface area is 126 Å². The van der Waals surface area contributed by atoms with E-state index in [0.29, 0.717) is 17.9 Å². The zero-order chi connectivity index (χ0) is 14.8. The molecule has 20 heavy (non-hydrogen) atoms. The number of sulfonamides is 1. The second-order valence-corrected chi connectivity index (χ2v) is 6.74. The van der Waals surface area contributed by atoms with Gasteiger partial charge in [0.15, 0.2) is 0 Å². The zero-order valence-corrected chi connectivity index (χ0v) is 13.2. The molecule has 0 unspecified atom stereocenters. The monoisotopic (exact) mass is 355 g/mol. The number of halogens is 1. The van der Waals surface area contributed by atoms with E-state index in [1.165, 1.54) is 6.07 Å². The largest absolute Gasteiger partial charge is 0.489 e. The van der Waals surface area contributed by atoms with E-state index in [1.807, 2.05) is 24.3 Å². The van der Waals surface area contributed by atoms with E-state index < -0.39 is 10.0 Å². The molecule has 0 aliphatic heterocycles. The fourth-order valence-electron chi connectivity index (χ4n) is 1.81. The van der Waals surface area contributed by atoms with Crippen LogP contribution in [0.2, 0.25) is 0 Å². The number of hydrogen-bond acceptors (Lipinski definition) is 3. The quantitative estimate of drug-likeness (QED) is 0.916. The SMILES string of the molecule is Cc1cc(OCc2ccccc2Br)ccc1S(N)(=O)=O. The van der Waals surface area contributed by atoms with Crippen LogP contribution in [0.1, 0.15) is 11.1 Å². The molecular formula is C14H14BrNO3S. The Bertz CT molecular complexity index is 729. The first-order chi connectivity index (χ1) is 9.38. The van der Waals surface area contributed by atoms with Crippen LogP contribution in [0.5, 0.6) is 5.75 Å². The average molecular weight is 356 g/mol. The molecule has 2 aromatic rings. The minimum Gasteiger partial charge on any atom is -0.489 e. The molecular weight excluding hydrogens is 342 g/mol. The van der Waals surface area contributed by atoms with Gasteiger partial charge in [-0.05, 0) is 36.8 Å². The Hall–Kier alpha value is -1.37. The average Bonchev–Trinajstić information content (AvgIpc) is 2.36. The van der Waals surface area contributed by atoms with Gasteiger partial charge in [-0.1, -0.05) is 34.1 Å². The molecule has 0 aliphatic carbocycles. The van der Waals surface area contributed by atoms with E-state index in [9.17, 15) is 8.42 Å².